The number of allylic oxidation sites excluding steroid dienone is 3. The van der Waals surface area contributed by atoms with Crippen LogP contribution in [0.25, 0.3) is 43.6 Å². The molecule has 3 aromatic rings. The van der Waals surface area contributed by atoms with Crippen LogP contribution in [-0.2, 0) is 32.5 Å². The van der Waals surface area contributed by atoms with Crippen molar-refractivity contribution in [1.82, 2.24) is 0 Å². The molecule has 44 heavy (non-hydrogen) atoms. The monoisotopic (exact) mass is 624 g/mol. The minimum Gasteiger partial charge on any atom is -0.224 e. The Morgan fingerprint density at radius 2 is 1.07 bits per heavy atom. The lowest BCUT2D eigenvalue weighted by molar-refractivity contribution is 0.600. The molecule has 0 unspecified atom stereocenters. The Morgan fingerprint density at radius 3 is 1.41 bits per heavy atom. The second-order valence-corrected chi connectivity index (χ2v) is 14.2. The first-order chi connectivity index (χ1) is 20.8. The van der Waals surface area contributed by atoms with E-state index in [9.17, 15) is 27.4 Å². The molecule has 0 spiro atoms. The summed E-state index contributed by atoms with van der Waals surface area (Å²) >= 11 is 0. The van der Waals surface area contributed by atoms with Gasteiger partial charge in [-0.3, -0.25) is 0 Å². The first-order valence-corrected chi connectivity index (χ1v) is 16.5. The third-order valence-electron chi connectivity index (χ3n) is 7.53. The average Bonchev–Trinajstić information content (AvgIpc) is 3.49. The Hall–Kier alpha value is -5.40. The molecule has 216 valence electrons. The molecule has 8 nitrogen and oxygen atoms in total. The van der Waals surface area contributed by atoms with E-state index in [1.807, 2.05) is 0 Å². The third-order valence-corrected chi connectivity index (χ3v) is 9.79. The van der Waals surface area contributed by atoms with Gasteiger partial charge < -0.3 is 0 Å². The number of hydrogen-bond acceptors (Lipinski definition) is 6. The van der Waals surface area contributed by atoms with Crippen LogP contribution in [0.4, 0.5) is 8.78 Å². The summed E-state index contributed by atoms with van der Waals surface area (Å²) in [5.41, 5.74) is 0.443. The highest BCUT2D eigenvalue weighted by Crippen LogP contribution is 2.40. The van der Waals surface area contributed by atoms with Gasteiger partial charge in [-0.15, -0.1) is 0 Å². The smallest absolute Gasteiger partial charge is 0.224 e. The van der Waals surface area contributed by atoms with Crippen molar-refractivity contribution in [3.05, 3.63) is 115 Å². The van der Waals surface area contributed by atoms with Gasteiger partial charge in [0.1, 0.15) is 42.5 Å². The maximum absolute atomic E-state index is 16.5. The molecular formula is C32H18F2N4O4S2. The highest BCUT2D eigenvalue weighted by Gasteiger charge is 2.36. The lowest BCUT2D eigenvalue weighted by Gasteiger charge is -2.16. The molecule has 0 aliphatic heterocycles. The maximum Gasteiger partial charge on any atom is 0.525 e. The number of sulfone groups is 2. The van der Waals surface area contributed by atoms with Crippen LogP contribution in [-0.4, -0.2) is 29.3 Å². The Kier molecular flexibility index (Phi) is 7.31. The van der Waals surface area contributed by atoms with E-state index in [2.05, 4.69) is 9.69 Å². The Morgan fingerprint density at radius 1 is 0.705 bits per heavy atom. The summed E-state index contributed by atoms with van der Waals surface area (Å²) in [6.07, 6.45) is 1.48. The van der Waals surface area contributed by atoms with Crippen molar-refractivity contribution < 1.29 is 25.6 Å². The number of hydrogen-bond donors (Lipinski definition) is 0. The van der Waals surface area contributed by atoms with Crippen LogP contribution in [0.15, 0.2) is 80.9 Å². The van der Waals surface area contributed by atoms with Crippen molar-refractivity contribution in [2.24, 2.45) is 0 Å². The Balaban J connectivity index is 2.03. The summed E-state index contributed by atoms with van der Waals surface area (Å²) in [5.74, 6) is -2.30. The zero-order valence-electron chi connectivity index (χ0n) is 23.0. The fraction of sp³-hybridized carbons (Fsp3) is 0.125. The summed E-state index contributed by atoms with van der Waals surface area (Å²) in [6.45, 7) is 14.9. The lowest BCUT2D eigenvalue weighted by atomic mass is 9.87. The minimum absolute atomic E-state index is 0.0139. The second-order valence-electron chi connectivity index (χ2n) is 10.1. The largest absolute Gasteiger partial charge is 0.525 e. The Bertz CT molecular complexity index is 2210. The zero-order valence-corrected chi connectivity index (χ0v) is 24.7. The number of rotatable bonds is 4. The number of nitrogens with zero attached hydrogens (tertiary/aromatic N) is 4. The molecule has 0 N–H and O–H groups in total. The molecule has 0 bridgehead atoms. The molecule has 0 atom stereocenters. The van der Waals surface area contributed by atoms with E-state index in [0.29, 0.717) is 11.1 Å². The SMILES string of the molecule is [C-]#[N+]C([N+]#[C-])=C1Cc2c(-c3ccc(S(C)(=O)=O)cc3)c3c(c(-c4ccc(S(C)(=O)=O)cc4)c2=C1F)CC(=C(C#N)C#N)C=3F. The molecule has 0 fully saturated rings. The molecule has 0 aromatic heterocycles. The molecule has 0 radical (unpaired) electrons. The second kappa shape index (κ2) is 10.7. The third kappa shape index (κ3) is 4.77. The number of nitriles is 2. The van der Waals surface area contributed by atoms with Crippen LogP contribution in [0.3, 0.4) is 0 Å². The van der Waals surface area contributed by atoms with E-state index in [1.54, 1.807) is 12.1 Å². The van der Waals surface area contributed by atoms with E-state index in [-0.39, 0.29) is 66.5 Å². The van der Waals surface area contributed by atoms with Gasteiger partial charge in [0.25, 0.3) is 0 Å². The molecule has 0 saturated carbocycles. The number of halogens is 2. The molecule has 3 aromatic carbocycles. The predicted molar refractivity (Wildman–Crippen MR) is 158 cm³/mol. The summed E-state index contributed by atoms with van der Waals surface area (Å²) in [6, 6.07) is 14.4. The molecule has 2 aliphatic carbocycles. The van der Waals surface area contributed by atoms with E-state index in [4.69, 9.17) is 13.1 Å². The van der Waals surface area contributed by atoms with Gasteiger partial charge in [0.05, 0.1) is 15.4 Å². The van der Waals surface area contributed by atoms with Gasteiger partial charge in [0, 0.05) is 41.4 Å². The molecule has 0 saturated heterocycles. The van der Waals surface area contributed by atoms with Crippen LogP contribution < -0.4 is 10.4 Å². The van der Waals surface area contributed by atoms with E-state index in [0.717, 1.165) is 12.5 Å². The van der Waals surface area contributed by atoms with Gasteiger partial charge in [0.15, 0.2) is 19.7 Å². The molecule has 12 heteroatoms. The van der Waals surface area contributed by atoms with Gasteiger partial charge >= 0.3 is 5.82 Å². The summed E-state index contributed by atoms with van der Waals surface area (Å²) in [7, 11) is -7.19. The normalized spacial score (nSPS) is 13.8. The predicted octanol–water partition coefficient (Wildman–Crippen LogP) is 4.49. The topological polar surface area (TPSA) is 125 Å². The van der Waals surface area contributed by atoms with Crippen molar-refractivity contribution in [3.63, 3.8) is 0 Å². The minimum atomic E-state index is -3.59. The van der Waals surface area contributed by atoms with Crippen LogP contribution in [0.5, 0.6) is 0 Å². The molecule has 2 aliphatic rings. The van der Waals surface area contributed by atoms with Crippen LogP contribution >= 0.6 is 0 Å². The van der Waals surface area contributed by atoms with Crippen LogP contribution in [0.1, 0.15) is 11.1 Å². The highest BCUT2D eigenvalue weighted by molar-refractivity contribution is 7.91. The zero-order chi connectivity index (χ0) is 32.1. The van der Waals surface area contributed by atoms with Gasteiger partial charge in [-0.25, -0.2) is 25.6 Å². The molecule has 0 heterocycles. The van der Waals surface area contributed by atoms with E-state index in [1.165, 1.54) is 48.5 Å². The van der Waals surface area contributed by atoms with Gasteiger partial charge in [-0.05, 0) is 57.6 Å². The first kappa shape index (κ1) is 30.1. The van der Waals surface area contributed by atoms with E-state index < -0.39 is 42.7 Å². The van der Waals surface area contributed by atoms with Crippen molar-refractivity contribution in [1.29, 1.82) is 10.5 Å². The van der Waals surface area contributed by atoms with Gasteiger partial charge in [-0.2, -0.15) is 20.2 Å². The standard InChI is InChI=1S/C32H18F2N4O4S2/c1-37-32(38-2)25-14-24-27(18-7-11-21(12-8-18)44(4,41)42)28-23(13-22(30(28)33)19(15-35)16-36)26(29(24)31(25)34)17-5-9-20(10-6-17)43(3,39)40/h5-12H,13-14H2,3-4H3. The molecular weight excluding hydrogens is 607 g/mol. The van der Waals surface area contributed by atoms with Gasteiger partial charge in [0.2, 0.25) is 0 Å². The number of fused-ring (bicyclic) bond motifs is 2. The highest BCUT2D eigenvalue weighted by atomic mass is 32.2. The quantitative estimate of drug-likeness (QED) is 0.311. The fourth-order valence-electron chi connectivity index (χ4n) is 5.57. The summed E-state index contributed by atoms with van der Waals surface area (Å²) in [5, 5.41) is 19.1. The molecule has 0 amide bonds. The average molecular weight is 625 g/mol. The lowest BCUT2D eigenvalue weighted by Crippen LogP contribution is -2.24. The fourth-order valence-corrected chi connectivity index (χ4v) is 6.83. The van der Waals surface area contributed by atoms with Gasteiger partial charge in [-0.1, -0.05) is 24.3 Å². The summed E-state index contributed by atoms with van der Waals surface area (Å²) in [4.78, 5) is 6.33. The van der Waals surface area contributed by atoms with Crippen molar-refractivity contribution in [2.45, 2.75) is 22.6 Å². The van der Waals surface area contributed by atoms with E-state index >= 15 is 8.78 Å². The summed E-state index contributed by atoms with van der Waals surface area (Å²) < 4.78 is 81.4. The maximum atomic E-state index is 16.5. The van der Waals surface area contributed by atoms with Crippen molar-refractivity contribution in [3.8, 4) is 34.4 Å². The van der Waals surface area contributed by atoms with Crippen molar-refractivity contribution in [2.75, 3.05) is 12.5 Å². The van der Waals surface area contributed by atoms with Crippen LogP contribution in [0.2, 0.25) is 0 Å². The van der Waals surface area contributed by atoms with Crippen LogP contribution in [0, 0.1) is 35.8 Å². The number of benzene rings is 3. The molecule has 5 rings (SSSR count). The Labute approximate surface area is 251 Å². The first-order valence-electron chi connectivity index (χ1n) is 12.7. The van der Waals surface area contributed by atoms with Crippen molar-refractivity contribution >= 4 is 31.3 Å².